The highest BCUT2D eigenvalue weighted by Gasteiger charge is 2.14. The van der Waals surface area contributed by atoms with Crippen LogP contribution in [-0.4, -0.2) is 35.6 Å². The minimum atomic E-state index is -0.632. The van der Waals surface area contributed by atoms with Crippen molar-refractivity contribution in [3.05, 3.63) is 16.5 Å². The lowest BCUT2D eigenvalue weighted by molar-refractivity contribution is -0.117. The predicted octanol–water partition coefficient (Wildman–Crippen LogP) is 1.48. The second-order valence-corrected chi connectivity index (χ2v) is 4.30. The number of rotatable bonds is 6. The molecule has 0 aliphatic heterocycles. The van der Waals surface area contributed by atoms with E-state index in [-0.39, 0.29) is 22.2 Å². The van der Waals surface area contributed by atoms with Crippen LogP contribution < -0.4 is 11.1 Å². The van der Waals surface area contributed by atoms with Crippen LogP contribution in [0.5, 0.6) is 0 Å². The maximum atomic E-state index is 11.7. The molecule has 1 rings (SSSR count). The Hall–Kier alpha value is -0.950. The zero-order valence-electron chi connectivity index (χ0n) is 9.82. The summed E-state index contributed by atoms with van der Waals surface area (Å²) in [5, 5.41) is 2.64. The van der Waals surface area contributed by atoms with Crippen LogP contribution in [0, 0.1) is 0 Å². The Morgan fingerprint density at radius 3 is 2.89 bits per heavy atom. The number of nitrogens with zero attached hydrogens (tertiary/aromatic N) is 2. The average Bonchev–Trinajstić information content (AvgIpc) is 2.27. The SMILES string of the molecule is COCCCC(N)C(=O)Nc1cc(Cl)nc(Cl)n1. The van der Waals surface area contributed by atoms with Crippen molar-refractivity contribution in [2.24, 2.45) is 5.73 Å². The molecular weight excluding hydrogens is 279 g/mol. The number of aromatic nitrogens is 2. The Labute approximate surface area is 115 Å². The van der Waals surface area contributed by atoms with E-state index in [1.54, 1.807) is 7.11 Å². The minimum Gasteiger partial charge on any atom is -0.385 e. The van der Waals surface area contributed by atoms with Crippen molar-refractivity contribution in [2.75, 3.05) is 19.0 Å². The Kier molecular flexibility index (Phi) is 6.28. The van der Waals surface area contributed by atoms with Crippen molar-refractivity contribution in [2.45, 2.75) is 18.9 Å². The Morgan fingerprint density at radius 1 is 1.56 bits per heavy atom. The van der Waals surface area contributed by atoms with Gasteiger partial charge in [-0.15, -0.1) is 0 Å². The van der Waals surface area contributed by atoms with Gasteiger partial charge in [-0.05, 0) is 24.4 Å². The third-order valence-electron chi connectivity index (χ3n) is 2.12. The van der Waals surface area contributed by atoms with Gasteiger partial charge in [-0.1, -0.05) is 11.6 Å². The number of ether oxygens (including phenoxy) is 1. The Balaban J connectivity index is 2.52. The molecule has 3 N–H and O–H groups in total. The van der Waals surface area contributed by atoms with Crippen LogP contribution >= 0.6 is 23.2 Å². The Bertz CT molecular complexity index is 397. The Morgan fingerprint density at radius 2 is 2.28 bits per heavy atom. The summed E-state index contributed by atoms with van der Waals surface area (Å²) in [5.74, 6) is -0.121. The fourth-order valence-corrected chi connectivity index (χ4v) is 1.66. The highest BCUT2D eigenvalue weighted by molar-refractivity contribution is 6.32. The molecule has 8 heteroatoms. The maximum absolute atomic E-state index is 11.7. The monoisotopic (exact) mass is 292 g/mol. The van der Waals surface area contributed by atoms with E-state index in [4.69, 9.17) is 33.7 Å². The molecule has 1 heterocycles. The van der Waals surface area contributed by atoms with Crippen LogP contribution in [-0.2, 0) is 9.53 Å². The summed E-state index contributed by atoms with van der Waals surface area (Å²) in [6.45, 7) is 0.562. The lowest BCUT2D eigenvalue weighted by atomic mass is 10.1. The number of amides is 1. The van der Waals surface area contributed by atoms with E-state index in [9.17, 15) is 4.79 Å². The molecule has 1 atom stereocenters. The lowest BCUT2D eigenvalue weighted by Crippen LogP contribution is -2.36. The number of methoxy groups -OCH3 is 1. The van der Waals surface area contributed by atoms with Gasteiger partial charge >= 0.3 is 0 Å². The first kappa shape index (κ1) is 15.1. The molecule has 1 aromatic heterocycles. The first-order valence-electron chi connectivity index (χ1n) is 5.28. The fourth-order valence-electron chi connectivity index (χ4n) is 1.25. The normalized spacial score (nSPS) is 12.2. The molecule has 0 bridgehead atoms. The van der Waals surface area contributed by atoms with Gasteiger partial charge in [0, 0.05) is 19.8 Å². The molecule has 0 aliphatic rings. The van der Waals surface area contributed by atoms with E-state index in [2.05, 4.69) is 15.3 Å². The van der Waals surface area contributed by atoms with E-state index < -0.39 is 6.04 Å². The van der Waals surface area contributed by atoms with Crippen molar-refractivity contribution in [3.63, 3.8) is 0 Å². The predicted molar refractivity (Wildman–Crippen MR) is 69.8 cm³/mol. The number of nitrogens with two attached hydrogens (primary N) is 1. The summed E-state index contributed by atoms with van der Waals surface area (Å²) < 4.78 is 4.88. The highest BCUT2D eigenvalue weighted by Crippen LogP contribution is 2.14. The van der Waals surface area contributed by atoms with Crippen LogP contribution in [0.25, 0.3) is 0 Å². The summed E-state index contributed by atoms with van der Waals surface area (Å²) in [6.07, 6.45) is 1.22. The molecule has 0 aromatic carbocycles. The zero-order valence-corrected chi connectivity index (χ0v) is 11.3. The van der Waals surface area contributed by atoms with Crippen molar-refractivity contribution < 1.29 is 9.53 Å². The van der Waals surface area contributed by atoms with E-state index >= 15 is 0 Å². The van der Waals surface area contributed by atoms with Crippen LogP contribution in [0.4, 0.5) is 5.82 Å². The molecule has 0 saturated heterocycles. The van der Waals surface area contributed by atoms with Crippen molar-refractivity contribution >= 4 is 34.9 Å². The third kappa shape index (κ3) is 5.14. The molecule has 100 valence electrons. The average molecular weight is 293 g/mol. The molecule has 6 nitrogen and oxygen atoms in total. The van der Waals surface area contributed by atoms with Gasteiger partial charge in [-0.3, -0.25) is 4.79 Å². The molecule has 0 aliphatic carbocycles. The fraction of sp³-hybridized carbons (Fsp3) is 0.500. The van der Waals surface area contributed by atoms with Crippen LogP contribution in [0.1, 0.15) is 12.8 Å². The number of hydrogen-bond donors (Lipinski definition) is 2. The number of hydrogen-bond acceptors (Lipinski definition) is 5. The number of nitrogens with one attached hydrogen (secondary N) is 1. The molecule has 0 spiro atoms. The van der Waals surface area contributed by atoms with Crippen molar-refractivity contribution in [1.29, 1.82) is 0 Å². The van der Waals surface area contributed by atoms with Gasteiger partial charge in [-0.25, -0.2) is 9.97 Å². The minimum absolute atomic E-state index is 0.0363. The molecule has 1 amide bonds. The number of halogens is 2. The van der Waals surface area contributed by atoms with Gasteiger partial charge in [0.15, 0.2) is 0 Å². The van der Waals surface area contributed by atoms with E-state index in [0.29, 0.717) is 19.4 Å². The standard InChI is InChI=1S/C10H14Cl2N4O2/c1-18-4-2-3-6(13)9(17)15-8-5-7(11)14-10(12)16-8/h5-6H,2-4,13H2,1H3,(H,14,15,16,17). The number of carbonyl (C=O) groups is 1. The summed E-state index contributed by atoms with van der Waals surface area (Å²) in [4.78, 5) is 19.2. The van der Waals surface area contributed by atoms with Gasteiger partial charge in [-0.2, -0.15) is 0 Å². The molecule has 0 fully saturated rings. The van der Waals surface area contributed by atoms with Crippen LogP contribution in [0.3, 0.4) is 0 Å². The number of anilines is 1. The van der Waals surface area contributed by atoms with Gasteiger partial charge in [0.1, 0.15) is 11.0 Å². The van der Waals surface area contributed by atoms with Crippen molar-refractivity contribution in [1.82, 2.24) is 9.97 Å². The summed E-state index contributed by atoms with van der Waals surface area (Å²) in [5.41, 5.74) is 5.70. The summed E-state index contributed by atoms with van der Waals surface area (Å²) in [6, 6.07) is 0.764. The quantitative estimate of drug-likeness (QED) is 0.471. The van der Waals surface area contributed by atoms with Crippen LogP contribution in [0.15, 0.2) is 6.07 Å². The smallest absolute Gasteiger partial charge is 0.242 e. The van der Waals surface area contributed by atoms with Gasteiger partial charge in [0.05, 0.1) is 6.04 Å². The maximum Gasteiger partial charge on any atom is 0.242 e. The van der Waals surface area contributed by atoms with Gasteiger partial charge in [0.25, 0.3) is 0 Å². The molecule has 1 unspecified atom stereocenters. The first-order valence-corrected chi connectivity index (χ1v) is 6.04. The van der Waals surface area contributed by atoms with Gasteiger partial charge < -0.3 is 15.8 Å². The molecule has 1 aromatic rings. The molecule has 0 saturated carbocycles. The second-order valence-electron chi connectivity index (χ2n) is 3.58. The zero-order chi connectivity index (χ0) is 13.5. The summed E-state index contributed by atoms with van der Waals surface area (Å²) in [7, 11) is 1.59. The molecular formula is C10H14Cl2N4O2. The van der Waals surface area contributed by atoms with E-state index in [0.717, 1.165) is 0 Å². The topological polar surface area (TPSA) is 90.1 Å². The van der Waals surface area contributed by atoms with Gasteiger partial charge in [0.2, 0.25) is 11.2 Å². The van der Waals surface area contributed by atoms with E-state index in [1.807, 2.05) is 0 Å². The molecule has 0 radical (unpaired) electrons. The van der Waals surface area contributed by atoms with Crippen LogP contribution in [0.2, 0.25) is 10.4 Å². The molecule has 18 heavy (non-hydrogen) atoms. The number of carbonyl (C=O) groups excluding carboxylic acids is 1. The first-order chi connectivity index (χ1) is 8.52. The van der Waals surface area contributed by atoms with Crippen molar-refractivity contribution in [3.8, 4) is 0 Å². The highest BCUT2D eigenvalue weighted by atomic mass is 35.5. The second kappa shape index (κ2) is 7.48. The summed E-state index contributed by atoms with van der Waals surface area (Å²) >= 11 is 11.3. The largest absolute Gasteiger partial charge is 0.385 e. The van der Waals surface area contributed by atoms with E-state index in [1.165, 1.54) is 6.07 Å². The lowest BCUT2D eigenvalue weighted by Gasteiger charge is -2.11. The third-order valence-corrected chi connectivity index (χ3v) is 2.48.